The molecule has 3 heteroatoms. The number of benzene rings is 9. The Hall–Kier alpha value is -7.36. The maximum Gasteiger partial charge on any atom is 0.160 e. The Labute approximate surface area is 317 Å². The van der Waals surface area contributed by atoms with Crippen LogP contribution in [-0.2, 0) is 0 Å². The van der Waals surface area contributed by atoms with Crippen LogP contribution in [0.2, 0.25) is 0 Å². The van der Waals surface area contributed by atoms with Gasteiger partial charge in [-0.2, -0.15) is 0 Å². The molecule has 55 heavy (non-hydrogen) atoms. The highest BCUT2D eigenvalue weighted by molar-refractivity contribution is 6.34. The van der Waals surface area contributed by atoms with Gasteiger partial charge >= 0.3 is 0 Å². The highest BCUT2D eigenvalue weighted by Gasteiger charge is 2.18. The van der Waals surface area contributed by atoms with Crippen LogP contribution >= 0.6 is 0 Å². The van der Waals surface area contributed by atoms with Gasteiger partial charge in [0, 0.05) is 32.8 Å². The number of rotatable bonds is 5. The molecule has 0 saturated carbocycles. The van der Waals surface area contributed by atoms with Crippen LogP contribution in [0.15, 0.2) is 199 Å². The molecule has 0 radical (unpaired) electrons. The predicted octanol–water partition coefficient (Wildman–Crippen LogP) is 14.2. The standard InChI is InChI=1S/C52H32N2O/c1-4-13-33(14-5-1)36-19-12-20-38(29-36)47-32-46(35-17-8-3-9-18-35)53-52(54-47)39-23-25-41-43-26-28-49-51(50(43)42-22-11-10-21-40(42)44(41)31-39)45-30-37(24-27-48(45)55-49)34-15-6-2-7-16-34/h1-32H. The van der Waals surface area contributed by atoms with Gasteiger partial charge < -0.3 is 4.42 Å². The summed E-state index contributed by atoms with van der Waals surface area (Å²) >= 11 is 0. The highest BCUT2D eigenvalue weighted by atomic mass is 16.3. The molecule has 0 saturated heterocycles. The molecule has 256 valence electrons. The van der Waals surface area contributed by atoms with Crippen LogP contribution < -0.4 is 0 Å². The van der Waals surface area contributed by atoms with Crippen LogP contribution in [0.4, 0.5) is 0 Å². The summed E-state index contributed by atoms with van der Waals surface area (Å²) in [5.41, 5.74) is 11.3. The van der Waals surface area contributed by atoms with Crippen molar-refractivity contribution < 1.29 is 4.42 Å². The number of nitrogens with zero attached hydrogens (tertiary/aromatic N) is 2. The molecule has 0 amide bonds. The van der Waals surface area contributed by atoms with E-state index in [9.17, 15) is 0 Å². The van der Waals surface area contributed by atoms with Gasteiger partial charge in [0.1, 0.15) is 11.2 Å². The second kappa shape index (κ2) is 12.6. The van der Waals surface area contributed by atoms with Crippen LogP contribution in [0.3, 0.4) is 0 Å². The summed E-state index contributed by atoms with van der Waals surface area (Å²) < 4.78 is 6.50. The summed E-state index contributed by atoms with van der Waals surface area (Å²) in [5.74, 6) is 0.692. The molecule has 0 aliphatic carbocycles. The Kier molecular flexibility index (Phi) is 7.17. The molecule has 0 N–H and O–H groups in total. The van der Waals surface area contributed by atoms with E-state index in [4.69, 9.17) is 14.4 Å². The lowest BCUT2D eigenvalue weighted by atomic mass is 9.90. The van der Waals surface area contributed by atoms with Gasteiger partial charge in [-0.05, 0) is 91.6 Å². The maximum absolute atomic E-state index is 6.50. The molecule has 2 aromatic heterocycles. The molecule has 3 nitrogen and oxygen atoms in total. The molecule has 0 bridgehead atoms. The van der Waals surface area contributed by atoms with E-state index in [1.54, 1.807) is 0 Å². The molecule has 11 rings (SSSR count). The largest absolute Gasteiger partial charge is 0.456 e. The first-order chi connectivity index (χ1) is 27.2. The Morgan fingerprint density at radius 1 is 0.273 bits per heavy atom. The second-order valence-corrected chi connectivity index (χ2v) is 14.1. The van der Waals surface area contributed by atoms with Crippen molar-refractivity contribution in [3.63, 3.8) is 0 Å². The van der Waals surface area contributed by atoms with Gasteiger partial charge in [-0.25, -0.2) is 9.97 Å². The van der Waals surface area contributed by atoms with E-state index >= 15 is 0 Å². The van der Waals surface area contributed by atoms with Gasteiger partial charge in [0.2, 0.25) is 0 Å². The van der Waals surface area contributed by atoms with E-state index in [0.29, 0.717) is 5.82 Å². The monoisotopic (exact) mass is 700 g/mol. The second-order valence-electron chi connectivity index (χ2n) is 14.1. The topological polar surface area (TPSA) is 38.9 Å². The van der Waals surface area contributed by atoms with Crippen LogP contribution in [0.1, 0.15) is 0 Å². The van der Waals surface area contributed by atoms with Crippen molar-refractivity contribution >= 4 is 54.3 Å². The van der Waals surface area contributed by atoms with Crippen molar-refractivity contribution in [2.45, 2.75) is 0 Å². The fraction of sp³-hybridized carbons (Fsp3) is 0. The average Bonchev–Trinajstić information content (AvgIpc) is 3.65. The number of aromatic nitrogens is 2. The van der Waals surface area contributed by atoms with Crippen molar-refractivity contribution in [3.8, 4) is 56.2 Å². The minimum absolute atomic E-state index is 0.692. The van der Waals surface area contributed by atoms with E-state index in [1.165, 1.54) is 49.0 Å². The SMILES string of the molecule is c1ccc(-c2cccc(-c3cc(-c4ccccc4)nc(-c4ccc5c(c4)c4ccccc4c4c5ccc5oc6ccc(-c7ccccc7)cc6c54)n3)c2)cc1. The zero-order valence-electron chi connectivity index (χ0n) is 29.8. The van der Waals surface area contributed by atoms with Gasteiger partial charge in [0.25, 0.3) is 0 Å². The average molecular weight is 701 g/mol. The fourth-order valence-corrected chi connectivity index (χ4v) is 8.23. The summed E-state index contributed by atoms with van der Waals surface area (Å²) in [6.45, 7) is 0. The minimum atomic E-state index is 0.692. The lowest BCUT2D eigenvalue weighted by molar-refractivity contribution is 0.669. The third kappa shape index (κ3) is 5.28. The van der Waals surface area contributed by atoms with Gasteiger partial charge in [-0.3, -0.25) is 0 Å². The molecule has 0 spiro atoms. The first kappa shape index (κ1) is 31.2. The zero-order chi connectivity index (χ0) is 36.3. The quantitative estimate of drug-likeness (QED) is 0.168. The van der Waals surface area contributed by atoms with Gasteiger partial charge in [0.15, 0.2) is 5.82 Å². The van der Waals surface area contributed by atoms with Gasteiger partial charge in [-0.1, -0.05) is 152 Å². The normalized spacial score (nSPS) is 11.6. The van der Waals surface area contributed by atoms with E-state index < -0.39 is 0 Å². The molecule has 0 fully saturated rings. The van der Waals surface area contributed by atoms with Gasteiger partial charge in [0.05, 0.1) is 11.4 Å². The molecule has 0 aliphatic heterocycles. The zero-order valence-corrected chi connectivity index (χ0v) is 29.8. The third-order valence-electron chi connectivity index (χ3n) is 10.9. The molecule has 0 aliphatic rings. The molecule has 2 heterocycles. The Morgan fingerprint density at radius 2 is 0.782 bits per heavy atom. The first-order valence-electron chi connectivity index (χ1n) is 18.6. The molecular formula is C52H32N2O. The summed E-state index contributed by atoms with van der Waals surface area (Å²) in [7, 11) is 0. The predicted molar refractivity (Wildman–Crippen MR) is 229 cm³/mol. The smallest absolute Gasteiger partial charge is 0.160 e. The number of fused-ring (bicyclic) bond motifs is 10. The molecular weight excluding hydrogens is 669 g/mol. The van der Waals surface area contributed by atoms with Crippen LogP contribution in [0.5, 0.6) is 0 Å². The van der Waals surface area contributed by atoms with Crippen LogP contribution in [0, 0.1) is 0 Å². The fourth-order valence-electron chi connectivity index (χ4n) is 8.23. The summed E-state index contributed by atoms with van der Waals surface area (Å²) in [4.78, 5) is 10.5. The summed E-state index contributed by atoms with van der Waals surface area (Å²) in [6.07, 6.45) is 0. The Bertz CT molecular complexity index is 3220. The van der Waals surface area contributed by atoms with E-state index in [2.05, 4.69) is 182 Å². The maximum atomic E-state index is 6.50. The van der Waals surface area contributed by atoms with Crippen molar-refractivity contribution in [1.82, 2.24) is 9.97 Å². The van der Waals surface area contributed by atoms with E-state index in [-0.39, 0.29) is 0 Å². The van der Waals surface area contributed by atoms with Crippen molar-refractivity contribution in [3.05, 3.63) is 194 Å². The van der Waals surface area contributed by atoms with Crippen LogP contribution in [0.25, 0.3) is 110 Å². The number of hydrogen-bond donors (Lipinski definition) is 0. The van der Waals surface area contributed by atoms with Crippen molar-refractivity contribution in [2.24, 2.45) is 0 Å². The molecule has 11 aromatic rings. The molecule has 9 aromatic carbocycles. The van der Waals surface area contributed by atoms with Crippen molar-refractivity contribution in [2.75, 3.05) is 0 Å². The van der Waals surface area contributed by atoms with Gasteiger partial charge in [-0.15, -0.1) is 0 Å². The molecule has 0 unspecified atom stereocenters. The van der Waals surface area contributed by atoms with E-state index in [0.717, 1.165) is 55.6 Å². The van der Waals surface area contributed by atoms with E-state index in [1.807, 2.05) is 12.1 Å². The lowest BCUT2D eigenvalue weighted by Gasteiger charge is -2.14. The highest BCUT2D eigenvalue weighted by Crippen LogP contribution is 2.44. The Morgan fingerprint density at radius 3 is 1.53 bits per heavy atom. The van der Waals surface area contributed by atoms with Crippen LogP contribution in [-0.4, -0.2) is 9.97 Å². The first-order valence-corrected chi connectivity index (χ1v) is 18.6. The summed E-state index contributed by atoms with van der Waals surface area (Å²) in [5, 5.41) is 9.40. The summed E-state index contributed by atoms with van der Waals surface area (Å²) in [6, 6.07) is 68.5. The minimum Gasteiger partial charge on any atom is -0.456 e. The number of furan rings is 1. The number of hydrogen-bond acceptors (Lipinski definition) is 3. The third-order valence-corrected chi connectivity index (χ3v) is 10.9. The van der Waals surface area contributed by atoms with Crippen molar-refractivity contribution in [1.29, 1.82) is 0 Å². The lowest BCUT2D eigenvalue weighted by Crippen LogP contribution is -1.96. The molecule has 0 atom stereocenters. The Balaban J connectivity index is 1.13.